The highest BCUT2D eigenvalue weighted by molar-refractivity contribution is 6.12. The number of nitrogen functional groups attached to an aromatic ring is 1. The Labute approximate surface area is 231 Å². The molecular weight excluding hydrogens is 502 g/mol. The standard InChI is InChI=1S/C33H27N3O4/c1-39-26-16-13-23-18-30(33(38)40-20-21-7-3-2-4-8-21)29(19-24(23)17-26)27-9-5-6-10-28(27)32(37)36-25-14-11-22(12-15-25)31(34)35/h2-19H,20H2,1H3,(H3,34,35)(H,36,37). The molecule has 0 aromatic heterocycles. The summed E-state index contributed by atoms with van der Waals surface area (Å²) in [7, 11) is 1.60. The largest absolute Gasteiger partial charge is 0.497 e. The number of hydrogen-bond donors (Lipinski definition) is 3. The molecule has 0 atom stereocenters. The molecule has 0 saturated heterocycles. The molecule has 5 aromatic carbocycles. The normalized spacial score (nSPS) is 10.6. The minimum absolute atomic E-state index is 0.0529. The van der Waals surface area contributed by atoms with Gasteiger partial charge in [-0.1, -0.05) is 54.6 Å². The highest BCUT2D eigenvalue weighted by Crippen LogP contribution is 2.34. The number of amidine groups is 1. The Morgan fingerprint density at radius 3 is 2.23 bits per heavy atom. The fourth-order valence-corrected chi connectivity index (χ4v) is 4.44. The van der Waals surface area contributed by atoms with Gasteiger partial charge in [-0.05, 0) is 82.1 Å². The quantitative estimate of drug-likeness (QED) is 0.122. The second kappa shape index (κ2) is 11.5. The monoisotopic (exact) mass is 529 g/mol. The van der Waals surface area contributed by atoms with E-state index in [0.717, 1.165) is 16.3 Å². The summed E-state index contributed by atoms with van der Waals surface area (Å²) >= 11 is 0. The Hall–Kier alpha value is -5.43. The van der Waals surface area contributed by atoms with Crippen LogP contribution in [0.3, 0.4) is 0 Å². The van der Waals surface area contributed by atoms with Crippen molar-refractivity contribution < 1.29 is 19.1 Å². The number of carbonyl (C=O) groups excluding carboxylic acids is 2. The van der Waals surface area contributed by atoms with Crippen molar-refractivity contribution in [1.82, 2.24) is 0 Å². The summed E-state index contributed by atoms with van der Waals surface area (Å²) in [5, 5.41) is 12.2. The lowest BCUT2D eigenvalue weighted by atomic mass is 9.92. The number of benzene rings is 5. The van der Waals surface area contributed by atoms with Gasteiger partial charge < -0.3 is 20.5 Å². The zero-order chi connectivity index (χ0) is 28.1. The number of anilines is 1. The number of fused-ring (bicyclic) bond motifs is 1. The summed E-state index contributed by atoms with van der Waals surface area (Å²) in [6, 6.07) is 32.6. The van der Waals surface area contributed by atoms with Gasteiger partial charge in [-0.3, -0.25) is 10.2 Å². The Morgan fingerprint density at radius 2 is 1.50 bits per heavy atom. The van der Waals surface area contributed by atoms with Gasteiger partial charge >= 0.3 is 5.97 Å². The second-order valence-corrected chi connectivity index (χ2v) is 9.16. The first kappa shape index (κ1) is 26.2. The third kappa shape index (κ3) is 5.68. The molecule has 7 nitrogen and oxygen atoms in total. The molecule has 4 N–H and O–H groups in total. The van der Waals surface area contributed by atoms with E-state index in [0.29, 0.717) is 39.3 Å². The molecule has 40 heavy (non-hydrogen) atoms. The van der Waals surface area contributed by atoms with Gasteiger partial charge in [0.1, 0.15) is 18.2 Å². The van der Waals surface area contributed by atoms with Gasteiger partial charge in [0.05, 0.1) is 12.7 Å². The van der Waals surface area contributed by atoms with Crippen molar-refractivity contribution in [2.45, 2.75) is 6.61 Å². The molecule has 0 aliphatic carbocycles. The van der Waals surface area contributed by atoms with Gasteiger partial charge in [-0.25, -0.2) is 4.79 Å². The van der Waals surface area contributed by atoms with Crippen molar-refractivity contribution >= 4 is 34.2 Å². The van der Waals surface area contributed by atoms with Crippen molar-refractivity contribution in [3.05, 3.63) is 131 Å². The summed E-state index contributed by atoms with van der Waals surface area (Å²) in [6.07, 6.45) is 0. The van der Waals surface area contributed by atoms with E-state index in [1.54, 1.807) is 49.6 Å². The molecule has 0 bridgehead atoms. The predicted molar refractivity (Wildman–Crippen MR) is 157 cm³/mol. The van der Waals surface area contributed by atoms with Crippen LogP contribution >= 0.6 is 0 Å². The molecule has 7 heteroatoms. The maximum absolute atomic E-state index is 13.5. The zero-order valence-corrected chi connectivity index (χ0v) is 21.8. The summed E-state index contributed by atoms with van der Waals surface area (Å²) in [5.74, 6) is -0.215. The maximum atomic E-state index is 13.5. The molecule has 0 radical (unpaired) electrons. The average Bonchev–Trinajstić information content (AvgIpc) is 2.99. The van der Waals surface area contributed by atoms with Crippen LogP contribution in [0.4, 0.5) is 5.69 Å². The Balaban J connectivity index is 1.55. The van der Waals surface area contributed by atoms with Crippen LogP contribution in [-0.2, 0) is 11.3 Å². The highest BCUT2D eigenvalue weighted by atomic mass is 16.5. The van der Waals surface area contributed by atoms with E-state index in [1.165, 1.54) is 0 Å². The van der Waals surface area contributed by atoms with Crippen molar-refractivity contribution in [3.63, 3.8) is 0 Å². The maximum Gasteiger partial charge on any atom is 0.339 e. The van der Waals surface area contributed by atoms with Gasteiger partial charge in [0.2, 0.25) is 0 Å². The first-order chi connectivity index (χ1) is 19.4. The molecule has 0 spiro atoms. The smallest absolute Gasteiger partial charge is 0.339 e. The number of ether oxygens (including phenoxy) is 2. The Bertz CT molecular complexity index is 1710. The third-order valence-electron chi connectivity index (χ3n) is 6.53. The fraction of sp³-hybridized carbons (Fsp3) is 0.0606. The van der Waals surface area contributed by atoms with E-state index in [1.807, 2.05) is 66.7 Å². The third-order valence-corrected chi connectivity index (χ3v) is 6.53. The number of esters is 1. The molecule has 0 aliphatic rings. The number of nitrogens with two attached hydrogens (primary N) is 1. The number of carbonyl (C=O) groups is 2. The summed E-state index contributed by atoms with van der Waals surface area (Å²) in [4.78, 5) is 26.9. The van der Waals surface area contributed by atoms with Crippen LogP contribution in [-0.4, -0.2) is 24.8 Å². The molecule has 198 valence electrons. The minimum atomic E-state index is -0.494. The zero-order valence-electron chi connectivity index (χ0n) is 21.8. The number of methoxy groups -OCH3 is 1. The fourth-order valence-electron chi connectivity index (χ4n) is 4.44. The lowest BCUT2D eigenvalue weighted by Crippen LogP contribution is -2.15. The van der Waals surface area contributed by atoms with Gasteiger partial charge in [0.25, 0.3) is 5.91 Å². The molecule has 0 unspecified atom stereocenters. The van der Waals surface area contributed by atoms with Crippen LogP contribution in [0.25, 0.3) is 21.9 Å². The van der Waals surface area contributed by atoms with Gasteiger partial charge in [-0.2, -0.15) is 0 Å². The summed E-state index contributed by atoms with van der Waals surface area (Å²) in [5.41, 5.74) is 9.41. The van der Waals surface area contributed by atoms with Crippen molar-refractivity contribution in [2.75, 3.05) is 12.4 Å². The van der Waals surface area contributed by atoms with Crippen LogP contribution in [0.1, 0.15) is 31.8 Å². The summed E-state index contributed by atoms with van der Waals surface area (Å²) < 4.78 is 11.1. The molecule has 5 aromatic rings. The Kier molecular flexibility index (Phi) is 7.55. The molecule has 0 fully saturated rings. The van der Waals surface area contributed by atoms with Gasteiger partial charge in [0.15, 0.2) is 0 Å². The lowest BCUT2D eigenvalue weighted by molar-refractivity contribution is 0.0473. The van der Waals surface area contributed by atoms with Crippen molar-refractivity contribution in [2.24, 2.45) is 5.73 Å². The van der Waals surface area contributed by atoms with Crippen LogP contribution in [0.2, 0.25) is 0 Å². The first-order valence-corrected chi connectivity index (χ1v) is 12.6. The summed E-state index contributed by atoms with van der Waals surface area (Å²) in [6.45, 7) is 0.123. The van der Waals surface area contributed by atoms with E-state index >= 15 is 0 Å². The number of nitrogens with one attached hydrogen (secondary N) is 2. The van der Waals surface area contributed by atoms with Crippen LogP contribution in [0.5, 0.6) is 5.75 Å². The SMILES string of the molecule is COc1ccc2cc(C(=O)OCc3ccccc3)c(-c3ccccc3C(=O)Nc3ccc(C(=N)N)cc3)cc2c1. The number of rotatable bonds is 8. The molecular formula is C33H27N3O4. The second-order valence-electron chi connectivity index (χ2n) is 9.16. The highest BCUT2D eigenvalue weighted by Gasteiger charge is 2.21. The molecule has 0 heterocycles. The predicted octanol–water partition coefficient (Wildman–Crippen LogP) is 6.41. The van der Waals surface area contributed by atoms with Gasteiger partial charge in [0, 0.05) is 16.8 Å². The number of amides is 1. The van der Waals surface area contributed by atoms with Gasteiger partial charge in [-0.15, -0.1) is 0 Å². The van der Waals surface area contributed by atoms with E-state index in [4.69, 9.17) is 20.6 Å². The van der Waals surface area contributed by atoms with Crippen molar-refractivity contribution in [1.29, 1.82) is 5.41 Å². The first-order valence-electron chi connectivity index (χ1n) is 12.6. The lowest BCUT2D eigenvalue weighted by Gasteiger charge is -2.16. The van der Waals surface area contributed by atoms with E-state index in [9.17, 15) is 9.59 Å². The number of hydrogen-bond acceptors (Lipinski definition) is 5. The molecule has 5 rings (SSSR count). The van der Waals surface area contributed by atoms with E-state index in [-0.39, 0.29) is 18.3 Å². The Morgan fingerprint density at radius 1 is 0.775 bits per heavy atom. The minimum Gasteiger partial charge on any atom is -0.497 e. The average molecular weight is 530 g/mol. The van der Waals surface area contributed by atoms with Crippen LogP contribution in [0, 0.1) is 5.41 Å². The molecule has 0 aliphatic heterocycles. The van der Waals surface area contributed by atoms with E-state index < -0.39 is 5.97 Å². The topological polar surface area (TPSA) is 114 Å². The van der Waals surface area contributed by atoms with Crippen LogP contribution < -0.4 is 15.8 Å². The molecule has 0 saturated carbocycles. The van der Waals surface area contributed by atoms with E-state index in [2.05, 4.69) is 5.32 Å². The molecule has 1 amide bonds. The van der Waals surface area contributed by atoms with Crippen LogP contribution in [0.15, 0.2) is 109 Å². The van der Waals surface area contributed by atoms with Crippen molar-refractivity contribution in [3.8, 4) is 16.9 Å².